The fourth-order valence-corrected chi connectivity index (χ4v) is 4.12. The second-order valence-corrected chi connectivity index (χ2v) is 8.26. The summed E-state index contributed by atoms with van der Waals surface area (Å²) < 4.78 is 40.5. The third kappa shape index (κ3) is 5.89. The van der Waals surface area contributed by atoms with E-state index in [0.717, 1.165) is 37.8 Å². The van der Waals surface area contributed by atoms with Gasteiger partial charge >= 0.3 is 6.18 Å². The van der Waals surface area contributed by atoms with Crippen LogP contribution < -0.4 is 10.6 Å². The highest BCUT2D eigenvalue weighted by atomic mass is 19.4. The predicted octanol–water partition coefficient (Wildman–Crippen LogP) is 3.86. The van der Waals surface area contributed by atoms with E-state index in [1.807, 2.05) is 0 Å². The van der Waals surface area contributed by atoms with Gasteiger partial charge in [-0.25, -0.2) is 4.68 Å². The number of carbonyl (C=O) groups is 2. The fraction of sp³-hybridized carbons (Fsp3) is 0.522. The number of aromatic nitrogens is 2. The van der Waals surface area contributed by atoms with Crippen molar-refractivity contribution in [3.8, 4) is 5.69 Å². The Hall–Kier alpha value is -2.84. The number of nitrogens with one attached hydrogen (secondary N) is 2. The molecule has 2 N–H and O–H groups in total. The van der Waals surface area contributed by atoms with E-state index in [1.54, 1.807) is 19.9 Å². The summed E-state index contributed by atoms with van der Waals surface area (Å²) in [6, 6.07) is 4.94. The molecular formula is C23H29F3N4O2. The van der Waals surface area contributed by atoms with Crippen LogP contribution in [0.5, 0.6) is 0 Å². The van der Waals surface area contributed by atoms with Crippen LogP contribution >= 0.6 is 0 Å². The molecule has 1 saturated carbocycles. The zero-order valence-corrected chi connectivity index (χ0v) is 18.4. The minimum atomic E-state index is -4.44. The number of alkyl halides is 3. The zero-order valence-electron chi connectivity index (χ0n) is 18.4. The average Bonchev–Trinajstić information content (AvgIpc) is 3.05. The largest absolute Gasteiger partial charge is 0.416 e. The summed E-state index contributed by atoms with van der Waals surface area (Å²) in [6.45, 7) is 4.14. The maximum absolute atomic E-state index is 13.0. The molecule has 0 bridgehead atoms. The number of hydrogen-bond donors (Lipinski definition) is 2. The zero-order chi connectivity index (χ0) is 23.3. The lowest BCUT2D eigenvalue weighted by Crippen LogP contribution is -2.38. The van der Waals surface area contributed by atoms with E-state index >= 15 is 0 Å². The van der Waals surface area contributed by atoms with Crippen molar-refractivity contribution >= 4 is 11.8 Å². The number of benzene rings is 1. The maximum atomic E-state index is 13.0. The molecule has 0 saturated heterocycles. The van der Waals surface area contributed by atoms with Crippen molar-refractivity contribution < 1.29 is 22.8 Å². The van der Waals surface area contributed by atoms with Gasteiger partial charge in [0.25, 0.3) is 0 Å². The standard InChI is InChI=1S/C23H29F3N4O2/c1-15-20(14-21(31)27-11-12-28-22(32)17-7-4-3-5-8-17)16(2)30(29-15)19-10-6-9-18(13-19)23(24,25)26/h6,9-10,13,17H,3-5,7-8,11-12,14H2,1-2H3,(H,27,31)(H,28,32). The normalized spacial score (nSPS) is 14.9. The Balaban J connectivity index is 1.56. The highest BCUT2D eigenvalue weighted by Gasteiger charge is 2.31. The smallest absolute Gasteiger partial charge is 0.354 e. The van der Waals surface area contributed by atoms with Crippen LogP contribution in [0.15, 0.2) is 24.3 Å². The van der Waals surface area contributed by atoms with Gasteiger partial charge in [-0.15, -0.1) is 0 Å². The molecule has 2 aromatic rings. The van der Waals surface area contributed by atoms with Gasteiger partial charge < -0.3 is 10.6 Å². The van der Waals surface area contributed by atoms with Gasteiger partial charge in [-0.2, -0.15) is 18.3 Å². The van der Waals surface area contributed by atoms with Gasteiger partial charge in [0.2, 0.25) is 11.8 Å². The first-order valence-corrected chi connectivity index (χ1v) is 10.9. The Morgan fingerprint density at radius 3 is 2.47 bits per heavy atom. The SMILES string of the molecule is Cc1nn(-c2cccc(C(F)(F)F)c2)c(C)c1CC(=O)NCCNC(=O)C1CCCCC1. The van der Waals surface area contributed by atoms with E-state index in [1.165, 1.54) is 17.2 Å². The van der Waals surface area contributed by atoms with Crippen molar-refractivity contribution in [1.82, 2.24) is 20.4 Å². The lowest BCUT2D eigenvalue weighted by molar-refractivity contribution is -0.137. The Morgan fingerprint density at radius 2 is 1.78 bits per heavy atom. The van der Waals surface area contributed by atoms with Crippen molar-refractivity contribution in [3.05, 3.63) is 46.8 Å². The molecule has 1 aromatic carbocycles. The van der Waals surface area contributed by atoms with Crippen molar-refractivity contribution in [1.29, 1.82) is 0 Å². The molecule has 9 heteroatoms. The number of aryl methyl sites for hydroxylation is 1. The molecule has 2 amide bonds. The second kappa shape index (κ2) is 10.2. The van der Waals surface area contributed by atoms with Crippen LogP contribution in [0.3, 0.4) is 0 Å². The average molecular weight is 451 g/mol. The van der Waals surface area contributed by atoms with Crippen LogP contribution in [0.2, 0.25) is 0 Å². The minimum absolute atomic E-state index is 0.0491. The number of carbonyl (C=O) groups excluding carboxylic acids is 2. The summed E-state index contributed by atoms with van der Waals surface area (Å²) in [4.78, 5) is 24.5. The monoisotopic (exact) mass is 450 g/mol. The summed E-state index contributed by atoms with van der Waals surface area (Å²) in [6.07, 6.45) is 0.820. The topological polar surface area (TPSA) is 76.0 Å². The molecule has 0 radical (unpaired) electrons. The van der Waals surface area contributed by atoms with Gasteiger partial charge in [-0.05, 0) is 44.9 Å². The van der Waals surface area contributed by atoms with E-state index in [2.05, 4.69) is 15.7 Å². The fourth-order valence-electron chi connectivity index (χ4n) is 4.12. The second-order valence-electron chi connectivity index (χ2n) is 8.26. The van der Waals surface area contributed by atoms with Gasteiger partial charge in [0.15, 0.2) is 0 Å². The first-order chi connectivity index (χ1) is 15.2. The van der Waals surface area contributed by atoms with Gasteiger partial charge in [0.1, 0.15) is 0 Å². The molecule has 0 unspecified atom stereocenters. The molecule has 3 rings (SSSR count). The molecule has 0 atom stereocenters. The van der Waals surface area contributed by atoms with Crippen LogP contribution in [-0.4, -0.2) is 34.7 Å². The van der Waals surface area contributed by atoms with Crippen LogP contribution in [-0.2, 0) is 22.2 Å². The van der Waals surface area contributed by atoms with Gasteiger partial charge in [0.05, 0.1) is 23.4 Å². The summed E-state index contributed by atoms with van der Waals surface area (Å²) >= 11 is 0. The van der Waals surface area contributed by atoms with E-state index in [4.69, 9.17) is 0 Å². The molecule has 32 heavy (non-hydrogen) atoms. The summed E-state index contributed by atoms with van der Waals surface area (Å²) in [7, 11) is 0. The summed E-state index contributed by atoms with van der Waals surface area (Å²) in [5, 5.41) is 10.00. The van der Waals surface area contributed by atoms with Crippen LogP contribution in [0.1, 0.15) is 54.6 Å². The quantitative estimate of drug-likeness (QED) is 0.629. The third-order valence-corrected chi connectivity index (χ3v) is 5.92. The highest BCUT2D eigenvalue weighted by molar-refractivity contribution is 5.80. The van der Waals surface area contributed by atoms with Crippen molar-refractivity contribution in [2.75, 3.05) is 13.1 Å². The van der Waals surface area contributed by atoms with Crippen LogP contribution in [0.4, 0.5) is 13.2 Å². The Bertz CT molecular complexity index is 963. The molecular weight excluding hydrogens is 421 g/mol. The number of halogens is 3. The molecule has 1 aromatic heterocycles. The van der Waals surface area contributed by atoms with Gasteiger partial charge in [-0.1, -0.05) is 25.3 Å². The summed E-state index contributed by atoms with van der Waals surface area (Å²) in [5.74, 6) is -0.105. The highest BCUT2D eigenvalue weighted by Crippen LogP contribution is 2.31. The summed E-state index contributed by atoms with van der Waals surface area (Å²) in [5.41, 5.74) is 1.41. The number of nitrogens with zero attached hydrogens (tertiary/aromatic N) is 2. The van der Waals surface area contributed by atoms with Crippen LogP contribution in [0.25, 0.3) is 5.69 Å². The van der Waals surface area contributed by atoms with Crippen molar-refractivity contribution in [3.63, 3.8) is 0 Å². The van der Waals surface area contributed by atoms with Crippen molar-refractivity contribution in [2.45, 2.75) is 58.5 Å². The Kier molecular flexibility index (Phi) is 7.58. The van der Waals surface area contributed by atoms with Gasteiger partial charge in [0, 0.05) is 30.3 Å². The van der Waals surface area contributed by atoms with E-state index < -0.39 is 11.7 Å². The molecule has 1 aliphatic rings. The first kappa shape index (κ1) is 23.8. The van der Waals surface area contributed by atoms with Crippen LogP contribution in [0, 0.1) is 19.8 Å². The number of rotatable bonds is 7. The van der Waals surface area contributed by atoms with Gasteiger partial charge in [-0.3, -0.25) is 9.59 Å². The Labute approximate surface area is 185 Å². The predicted molar refractivity (Wildman–Crippen MR) is 114 cm³/mol. The molecule has 1 aliphatic carbocycles. The minimum Gasteiger partial charge on any atom is -0.354 e. The van der Waals surface area contributed by atoms with E-state index in [9.17, 15) is 22.8 Å². The molecule has 174 valence electrons. The van der Waals surface area contributed by atoms with E-state index in [0.29, 0.717) is 30.0 Å². The lowest BCUT2D eigenvalue weighted by atomic mass is 9.89. The Morgan fingerprint density at radius 1 is 1.09 bits per heavy atom. The molecule has 1 fully saturated rings. The number of hydrogen-bond acceptors (Lipinski definition) is 3. The number of amides is 2. The maximum Gasteiger partial charge on any atom is 0.416 e. The van der Waals surface area contributed by atoms with E-state index in [-0.39, 0.29) is 29.8 Å². The molecule has 6 nitrogen and oxygen atoms in total. The molecule has 0 aliphatic heterocycles. The van der Waals surface area contributed by atoms with Crippen molar-refractivity contribution in [2.24, 2.45) is 5.92 Å². The first-order valence-electron chi connectivity index (χ1n) is 10.9. The lowest BCUT2D eigenvalue weighted by Gasteiger charge is -2.20. The molecule has 0 spiro atoms. The molecule has 1 heterocycles. The third-order valence-electron chi connectivity index (χ3n) is 5.92.